The molecule has 22 heavy (non-hydrogen) atoms. The van der Waals surface area contributed by atoms with Crippen LogP contribution in [0.1, 0.15) is 19.4 Å². The van der Waals surface area contributed by atoms with Crippen molar-refractivity contribution < 1.29 is 17.9 Å². The Hall–Kier alpha value is -1.74. The van der Waals surface area contributed by atoms with E-state index < -0.39 is 22.3 Å². The highest BCUT2D eigenvalue weighted by atomic mass is 32.2. The van der Waals surface area contributed by atoms with Crippen LogP contribution in [0, 0.1) is 0 Å². The van der Waals surface area contributed by atoms with E-state index in [9.17, 15) is 13.2 Å². The Labute approximate surface area is 134 Å². The van der Waals surface area contributed by atoms with E-state index in [-0.39, 0.29) is 5.17 Å². The molecule has 0 saturated carbocycles. The normalized spacial score (nSPS) is 12.3. The van der Waals surface area contributed by atoms with Crippen molar-refractivity contribution in [2.24, 2.45) is 10.1 Å². The number of thioether (sulfide) groups is 1. The number of methoxy groups -OCH3 is 1. The van der Waals surface area contributed by atoms with Crippen molar-refractivity contribution in [3.05, 3.63) is 35.9 Å². The van der Waals surface area contributed by atoms with Crippen LogP contribution in [0.4, 0.5) is 4.79 Å². The van der Waals surface area contributed by atoms with E-state index in [1.165, 1.54) is 13.8 Å². The zero-order valence-corrected chi connectivity index (χ0v) is 14.2. The predicted molar refractivity (Wildman–Crippen MR) is 87.7 cm³/mol. The Morgan fingerprint density at radius 2 is 1.95 bits per heavy atom. The van der Waals surface area contributed by atoms with Crippen molar-refractivity contribution in [1.29, 1.82) is 0 Å². The molecule has 0 radical (unpaired) electrons. The number of nitrogens with zero attached hydrogens (tertiary/aromatic N) is 2. The maximum atomic E-state index is 12.1. The van der Waals surface area contributed by atoms with Gasteiger partial charge in [-0.15, -0.1) is 4.40 Å². The summed E-state index contributed by atoms with van der Waals surface area (Å²) in [6, 6.07) is 8.78. The first-order chi connectivity index (χ1) is 10.3. The van der Waals surface area contributed by atoms with E-state index in [1.807, 2.05) is 30.3 Å². The Balaban J connectivity index is 2.85. The molecule has 0 aromatic heterocycles. The molecule has 1 amide bonds. The topological polar surface area (TPSA) is 102 Å². The standard InChI is InChI=1S/C13H19N3O4S2/c1-10(2)16(13(17)20-3)22(18,19)15-12(14)21-9-11-7-5-4-6-8-11/h4-8,10H,9H2,1-3H3,(H2,14,15). The molecular formula is C13H19N3O4S2. The van der Waals surface area contributed by atoms with Crippen LogP contribution in [0.2, 0.25) is 0 Å². The number of benzene rings is 1. The van der Waals surface area contributed by atoms with Crippen molar-refractivity contribution in [3.8, 4) is 0 Å². The van der Waals surface area contributed by atoms with Crippen molar-refractivity contribution in [1.82, 2.24) is 4.31 Å². The maximum Gasteiger partial charge on any atom is 0.424 e. The van der Waals surface area contributed by atoms with E-state index in [4.69, 9.17) is 5.73 Å². The molecule has 0 heterocycles. The molecule has 9 heteroatoms. The molecule has 0 aliphatic carbocycles. The molecule has 0 bridgehead atoms. The molecule has 0 fully saturated rings. The number of hydrogen-bond donors (Lipinski definition) is 1. The van der Waals surface area contributed by atoms with Crippen LogP contribution < -0.4 is 5.73 Å². The van der Waals surface area contributed by atoms with E-state index >= 15 is 0 Å². The van der Waals surface area contributed by atoms with Gasteiger partial charge >= 0.3 is 16.3 Å². The summed E-state index contributed by atoms with van der Waals surface area (Å²) >= 11 is 1.07. The van der Waals surface area contributed by atoms with Gasteiger partial charge in [-0.3, -0.25) is 0 Å². The van der Waals surface area contributed by atoms with E-state index in [0.717, 1.165) is 24.4 Å². The number of ether oxygens (including phenoxy) is 1. The van der Waals surface area contributed by atoms with Gasteiger partial charge in [0, 0.05) is 11.8 Å². The molecule has 0 atom stereocenters. The lowest BCUT2D eigenvalue weighted by Gasteiger charge is -2.21. The van der Waals surface area contributed by atoms with Crippen LogP contribution >= 0.6 is 11.8 Å². The third-order valence-electron chi connectivity index (χ3n) is 2.51. The first-order valence-corrected chi connectivity index (χ1v) is 8.80. The van der Waals surface area contributed by atoms with Crippen molar-refractivity contribution in [2.45, 2.75) is 25.6 Å². The van der Waals surface area contributed by atoms with Gasteiger partial charge in [-0.2, -0.15) is 12.7 Å². The summed E-state index contributed by atoms with van der Waals surface area (Å²) < 4.78 is 32.8. The summed E-state index contributed by atoms with van der Waals surface area (Å²) in [7, 11) is -3.13. The minimum Gasteiger partial charge on any atom is -0.452 e. The SMILES string of the molecule is COC(=O)N(C(C)C)S(=O)(=O)N=C(N)SCc1ccccc1. The van der Waals surface area contributed by atoms with Crippen LogP contribution in [0.15, 0.2) is 34.7 Å². The summed E-state index contributed by atoms with van der Waals surface area (Å²) in [5.74, 6) is 0.478. The average Bonchev–Trinajstić information content (AvgIpc) is 2.44. The van der Waals surface area contributed by atoms with Crippen LogP contribution in [-0.2, 0) is 20.7 Å². The first kappa shape index (κ1) is 18.3. The highest BCUT2D eigenvalue weighted by Crippen LogP contribution is 2.15. The molecule has 1 rings (SSSR count). The Bertz CT molecular complexity index is 630. The van der Waals surface area contributed by atoms with Gasteiger partial charge in [0.1, 0.15) is 0 Å². The summed E-state index contributed by atoms with van der Waals surface area (Å²) in [6.07, 6.45) is -1.00. The molecule has 7 nitrogen and oxygen atoms in total. The van der Waals surface area contributed by atoms with E-state index in [1.54, 1.807) is 0 Å². The van der Waals surface area contributed by atoms with E-state index in [2.05, 4.69) is 9.13 Å². The minimum atomic E-state index is -4.24. The molecule has 0 aliphatic heterocycles. The fraction of sp³-hybridized carbons (Fsp3) is 0.385. The van der Waals surface area contributed by atoms with Gasteiger partial charge in [-0.25, -0.2) is 4.79 Å². The van der Waals surface area contributed by atoms with Gasteiger partial charge in [0.05, 0.1) is 7.11 Å². The van der Waals surface area contributed by atoms with Crippen molar-refractivity contribution >= 4 is 33.2 Å². The summed E-state index contributed by atoms with van der Waals surface area (Å²) in [5.41, 5.74) is 6.63. The van der Waals surface area contributed by atoms with Gasteiger partial charge in [0.25, 0.3) is 0 Å². The molecule has 1 aromatic rings. The largest absolute Gasteiger partial charge is 0.452 e. The van der Waals surface area contributed by atoms with Gasteiger partial charge in [0.2, 0.25) is 0 Å². The summed E-state index contributed by atoms with van der Waals surface area (Å²) in [4.78, 5) is 11.6. The van der Waals surface area contributed by atoms with Gasteiger partial charge in [-0.05, 0) is 19.4 Å². The van der Waals surface area contributed by atoms with Crippen molar-refractivity contribution in [3.63, 3.8) is 0 Å². The second kappa shape index (κ2) is 8.04. The van der Waals surface area contributed by atoms with Crippen LogP contribution in [0.3, 0.4) is 0 Å². The monoisotopic (exact) mass is 345 g/mol. The molecular weight excluding hydrogens is 326 g/mol. The number of nitrogens with two attached hydrogens (primary N) is 1. The summed E-state index contributed by atoms with van der Waals surface area (Å²) in [5, 5.41) is -0.140. The molecule has 0 spiro atoms. The molecule has 1 aromatic carbocycles. The van der Waals surface area contributed by atoms with Crippen molar-refractivity contribution in [2.75, 3.05) is 7.11 Å². The second-order valence-corrected chi connectivity index (χ2v) is 7.01. The minimum absolute atomic E-state index is 0.140. The summed E-state index contributed by atoms with van der Waals surface area (Å²) in [6.45, 7) is 3.08. The molecule has 122 valence electrons. The van der Waals surface area contributed by atoms with Crippen LogP contribution in [-0.4, -0.2) is 37.1 Å². The van der Waals surface area contributed by atoms with Gasteiger partial charge in [-0.1, -0.05) is 42.1 Å². The Morgan fingerprint density at radius 3 is 2.45 bits per heavy atom. The zero-order valence-electron chi connectivity index (χ0n) is 12.6. The number of hydrogen-bond acceptors (Lipinski definition) is 5. The van der Waals surface area contributed by atoms with E-state index in [0.29, 0.717) is 10.1 Å². The maximum absolute atomic E-state index is 12.1. The third-order valence-corrected chi connectivity index (χ3v) is 4.98. The lowest BCUT2D eigenvalue weighted by molar-refractivity contribution is 0.142. The molecule has 0 aliphatic rings. The molecule has 0 saturated heterocycles. The van der Waals surface area contributed by atoms with Crippen LogP contribution in [0.25, 0.3) is 0 Å². The van der Waals surface area contributed by atoms with Gasteiger partial charge in [0.15, 0.2) is 5.17 Å². The van der Waals surface area contributed by atoms with Gasteiger partial charge < -0.3 is 10.5 Å². The highest BCUT2D eigenvalue weighted by molar-refractivity contribution is 8.13. The fourth-order valence-corrected chi connectivity index (χ4v) is 3.69. The number of rotatable bonds is 5. The Kier molecular flexibility index (Phi) is 6.69. The number of amides is 1. The highest BCUT2D eigenvalue weighted by Gasteiger charge is 2.31. The first-order valence-electron chi connectivity index (χ1n) is 6.42. The molecule has 0 unspecified atom stereocenters. The lowest BCUT2D eigenvalue weighted by Crippen LogP contribution is -2.41. The predicted octanol–water partition coefficient (Wildman–Crippen LogP) is 1.96. The average molecular weight is 345 g/mol. The fourth-order valence-electron chi connectivity index (χ4n) is 1.58. The third kappa shape index (κ3) is 5.23. The van der Waals surface area contributed by atoms with Crippen LogP contribution in [0.5, 0.6) is 0 Å². The molecule has 2 N–H and O–H groups in total. The number of amidine groups is 1. The Morgan fingerprint density at radius 1 is 1.36 bits per heavy atom. The number of carbonyl (C=O) groups excluding carboxylic acids is 1. The number of carbonyl (C=O) groups is 1. The lowest BCUT2D eigenvalue weighted by atomic mass is 10.2. The second-order valence-electron chi connectivity index (χ2n) is 4.54. The quantitative estimate of drug-likeness (QED) is 0.646. The smallest absolute Gasteiger partial charge is 0.424 e. The zero-order chi connectivity index (χ0) is 16.8.